The molecular weight excluding hydrogens is 208 g/mol. The van der Waals surface area contributed by atoms with Crippen molar-refractivity contribution in [3.05, 3.63) is 22.8 Å². The molecule has 56 valence electrons. The summed E-state index contributed by atoms with van der Waals surface area (Å²) in [6.45, 7) is 1.81. The molecule has 0 aliphatic carbocycles. The zero-order chi connectivity index (χ0) is 7.84. The summed E-state index contributed by atoms with van der Waals surface area (Å²) in [5.41, 5.74) is 1.56. The Bertz CT molecular complexity index is 396. The molecule has 2 aromatic rings. The zero-order valence-electron chi connectivity index (χ0n) is 5.84. The van der Waals surface area contributed by atoms with Crippen LogP contribution in [0.4, 0.5) is 0 Å². The lowest BCUT2D eigenvalue weighted by molar-refractivity contribution is 0.560. The lowest BCUT2D eigenvalue weighted by atomic mass is 10.4. The second-order valence-electron chi connectivity index (χ2n) is 2.21. The van der Waals surface area contributed by atoms with E-state index in [1.807, 2.05) is 13.0 Å². The molecule has 4 heteroatoms. The smallest absolute Gasteiger partial charge is 0.192 e. The van der Waals surface area contributed by atoms with Crippen LogP contribution >= 0.6 is 15.9 Å². The summed E-state index contributed by atoms with van der Waals surface area (Å²) in [7, 11) is 0. The van der Waals surface area contributed by atoms with Crippen molar-refractivity contribution in [3.63, 3.8) is 0 Å². The molecular formula is C7H5BrN2O. The maximum Gasteiger partial charge on any atom is 0.192 e. The molecule has 2 heterocycles. The highest BCUT2D eigenvalue weighted by molar-refractivity contribution is 9.10. The minimum absolute atomic E-state index is 0.667. The van der Waals surface area contributed by atoms with E-state index in [4.69, 9.17) is 4.42 Å². The van der Waals surface area contributed by atoms with Crippen LogP contribution in [0.25, 0.3) is 11.1 Å². The maximum atomic E-state index is 5.23. The molecule has 0 spiro atoms. The van der Waals surface area contributed by atoms with Crippen LogP contribution in [0, 0.1) is 6.92 Å². The molecule has 0 amide bonds. The summed E-state index contributed by atoms with van der Waals surface area (Å²) >= 11 is 3.25. The average Bonchev–Trinajstić information content (AvgIpc) is 2.27. The first-order valence-corrected chi connectivity index (χ1v) is 3.94. The fourth-order valence-electron chi connectivity index (χ4n) is 0.925. The Morgan fingerprint density at radius 1 is 1.55 bits per heavy atom. The van der Waals surface area contributed by atoms with E-state index < -0.39 is 0 Å². The van der Waals surface area contributed by atoms with Crippen LogP contribution < -0.4 is 0 Å². The predicted molar refractivity (Wildman–Crippen MR) is 44.2 cm³/mol. The van der Waals surface area contributed by atoms with Crippen LogP contribution in [0.15, 0.2) is 21.3 Å². The third-order valence-electron chi connectivity index (χ3n) is 1.35. The second kappa shape index (κ2) is 2.30. The lowest BCUT2D eigenvalue weighted by Gasteiger charge is -1.85. The summed E-state index contributed by atoms with van der Waals surface area (Å²) in [5, 5.41) is 0. The third-order valence-corrected chi connectivity index (χ3v) is 1.78. The SMILES string of the molecule is Cc1nc2cc(Br)ncc2o1. The minimum Gasteiger partial charge on any atom is -0.439 e. The van der Waals surface area contributed by atoms with Crippen molar-refractivity contribution in [2.75, 3.05) is 0 Å². The molecule has 0 saturated carbocycles. The van der Waals surface area contributed by atoms with Gasteiger partial charge in [0.15, 0.2) is 11.5 Å². The highest BCUT2D eigenvalue weighted by Gasteiger charge is 2.01. The summed E-state index contributed by atoms with van der Waals surface area (Å²) in [4.78, 5) is 8.14. The van der Waals surface area contributed by atoms with Gasteiger partial charge in [-0.25, -0.2) is 9.97 Å². The molecule has 0 unspecified atom stereocenters. The summed E-state index contributed by atoms with van der Waals surface area (Å²) < 4.78 is 6.00. The Hall–Kier alpha value is -0.900. The quantitative estimate of drug-likeness (QED) is 0.630. The van der Waals surface area contributed by atoms with Gasteiger partial charge in [-0.3, -0.25) is 0 Å². The Morgan fingerprint density at radius 3 is 3.18 bits per heavy atom. The predicted octanol–water partition coefficient (Wildman–Crippen LogP) is 2.29. The number of fused-ring (bicyclic) bond motifs is 1. The minimum atomic E-state index is 0.667. The fraction of sp³-hybridized carbons (Fsp3) is 0.143. The van der Waals surface area contributed by atoms with E-state index in [0.717, 1.165) is 15.7 Å². The lowest BCUT2D eigenvalue weighted by Crippen LogP contribution is -1.73. The Morgan fingerprint density at radius 2 is 2.36 bits per heavy atom. The molecule has 11 heavy (non-hydrogen) atoms. The van der Waals surface area contributed by atoms with Crippen LogP contribution in [-0.2, 0) is 0 Å². The molecule has 0 N–H and O–H groups in total. The number of rotatable bonds is 0. The number of oxazole rings is 1. The number of halogens is 1. The molecule has 0 fully saturated rings. The van der Waals surface area contributed by atoms with Crippen molar-refractivity contribution in [1.82, 2.24) is 9.97 Å². The average molecular weight is 213 g/mol. The summed E-state index contributed by atoms with van der Waals surface area (Å²) in [6.07, 6.45) is 1.65. The van der Waals surface area contributed by atoms with Gasteiger partial charge in [0.2, 0.25) is 0 Å². The number of aromatic nitrogens is 2. The molecule has 2 rings (SSSR count). The Labute approximate surface area is 71.6 Å². The molecule has 0 aliphatic heterocycles. The van der Waals surface area contributed by atoms with E-state index in [9.17, 15) is 0 Å². The number of aryl methyl sites for hydroxylation is 1. The van der Waals surface area contributed by atoms with E-state index in [1.54, 1.807) is 6.20 Å². The van der Waals surface area contributed by atoms with Crippen molar-refractivity contribution < 1.29 is 4.42 Å². The molecule has 2 aromatic heterocycles. The molecule has 0 saturated heterocycles. The van der Waals surface area contributed by atoms with E-state index in [-0.39, 0.29) is 0 Å². The largest absolute Gasteiger partial charge is 0.439 e. The summed E-state index contributed by atoms with van der Waals surface area (Å²) in [5.74, 6) is 0.667. The van der Waals surface area contributed by atoms with Crippen molar-refractivity contribution in [2.45, 2.75) is 6.92 Å². The van der Waals surface area contributed by atoms with Gasteiger partial charge in [-0.2, -0.15) is 0 Å². The number of pyridine rings is 1. The molecule has 3 nitrogen and oxygen atoms in total. The van der Waals surface area contributed by atoms with Gasteiger partial charge in [-0.1, -0.05) is 0 Å². The van der Waals surface area contributed by atoms with Gasteiger partial charge in [0.05, 0.1) is 6.20 Å². The Kier molecular flexibility index (Phi) is 1.42. The van der Waals surface area contributed by atoms with Crippen LogP contribution in [-0.4, -0.2) is 9.97 Å². The van der Waals surface area contributed by atoms with Gasteiger partial charge in [0.1, 0.15) is 10.1 Å². The van der Waals surface area contributed by atoms with E-state index in [1.165, 1.54) is 0 Å². The highest BCUT2D eigenvalue weighted by Crippen LogP contribution is 2.16. The molecule has 0 radical (unpaired) electrons. The van der Waals surface area contributed by atoms with Crippen LogP contribution in [0.2, 0.25) is 0 Å². The van der Waals surface area contributed by atoms with Crippen molar-refractivity contribution in [3.8, 4) is 0 Å². The van der Waals surface area contributed by atoms with Crippen LogP contribution in [0.1, 0.15) is 5.89 Å². The Balaban J connectivity index is 2.82. The van der Waals surface area contributed by atoms with Crippen molar-refractivity contribution in [2.24, 2.45) is 0 Å². The molecule has 0 aliphatic rings. The third kappa shape index (κ3) is 1.14. The standard InChI is InChI=1S/C7H5BrN2O/c1-4-10-5-2-7(8)9-3-6(5)11-4/h2-3H,1H3. The van der Waals surface area contributed by atoms with Gasteiger partial charge < -0.3 is 4.42 Å². The van der Waals surface area contributed by atoms with Crippen molar-refractivity contribution >= 4 is 27.0 Å². The second-order valence-corrected chi connectivity index (χ2v) is 3.02. The highest BCUT2D eigenvalue weighted by atomic mass is 79.9. The van der Waals surface area contributed by atoms with Crippen LogP contribution in [0.3, 0.4) is 0 Å². The normalized spacial score (nSPS) is 10.7. The van der Waals surface area contributed by atoms with E-state index in [2.05, 4.69) is 25.9 Å². The molecule has 0 atom stereocenters. The maximum absolute atomic E-state index is 5.23. The first-order valence-electron chi connectivity index (χ1n) is 3.14. The molecule has 0 aromatic carbocycles. The number of nitrogens with zero attached hydrogens (tertiary/aromatic N) is 2. The van der Waals surface area contributed by atoms with Gasteiger partial charge in [-0.05, 0) is 15.9 Å². The van der Waals surface area contributed by atoms with E-state index in [0.29, 0.717) is 5.89 Å². The van der Waals surface area contributed by atoms with Crippen molar-refractivity contribution in [1.29, 1.82) is 0 Å². The monoisotopic (exact) mass is 212 g/mol. The van der Waals surface area contributed by atoms with Crippen LogP contribution in [0.5, 0.6) is 0 Å². The number of hydrogen-bond acceptors (Lipinski definition) is 3. The first-order chi connectivity index (χ1) is 5.25. The number of hydrogen-bond donors (Lipinski definition) is 0. The van der Waals surface area contributed by atoms with E-state index >= 15 is 0 Å². The van der Waals surface area contributed by atoms with Gasteiger partial charge >= 0.3 is 0 Å². The topological polar surface area (TPSA) is 38.9 Å². The first kappa shape index (κ1) is 6.79. The zero-order valence-corrected chi connectivity index (χ0v) is 7.42. The van der Waals surface area contributed by atoms with Gasteiger partial charge in [0.25, 0.3) is 0 Å². The fourth-order valence-corrected chi connectivity index (χ4v) is 1.24. The molecule has 0 bridgehead atoms. The van der Waals surface area contributed by atoms with Gasteiger partial charge in [-0.15, -0.1) is 0 Å². The summed E-state index contributed by atoms with van der Waals surface area (Å²) in [6, 6.07) is 1.83. The van der Waals surface area contributed by atoms with Gasteiger partial charge in [0, 0.05) is 13.0 Å².